The van der Waals surface area contributed by atoms with Crippen molar-refractivity contribution < 1.29 is 9.18 Å². The number of alkyl halides is 1. The summed E-state index contributed by atoms with van der Waals surface area (Å²) in [5.74, 6) is 0.356. The van der Waals surface area contributed by atoms with Crippen molar-refractivity contribution in [1.29, 1.82) is 0 Å². The molecule has 1 saturated heterocycles. The molecule has 0 radical (unpaired) electrons. The molecule has 0 spiro atoms. The van der Waals surface area contributed by atoms with Gasteiger partial charge in [0.05, 0.1) is 5.56 Å². The molecule has 0 saturated carbocycles. The fourth-order valence-corrected chi connectivity index (χ4v) is 2.91. The van der Waals surface area contributed by atoms with E-state index in [-0.39, 0.29) is 11.5 Å². The third-order valence-electron chi connectivity index (χ3n) is 3.25. The number of hydrogen-bond acceptors (Lipinski definition) is 1. The number of halogens is 3. The molecule has 0 N–H and O–H groups in total. The minimum absolute atomic E-state index is 0.135. The van der Waals surface area contributed by atoms with Gasteiger partial charge in [0.25, 0.3) is 5.91 Å². The van der Waals surface area contributed by atoms with Crippen LogP contribution in [0.25, 0.3) is 0 Å². The number of rotatable bonds is 3. The Hall–Kier alpha value is -0.610. The molecule has 1 heterocycles. The van der Waals surface area contributed by atoms with Crippen molar-refractivity contribution >= 4 is 33.4 Å². The lowest BCUT2D eigenvalue weighted by Gasteiger charge is -2.17. The van der Waals surface area contributed by atoms with Gasteiger partial charge in [-0.15, -0.1) is 11.6 Å². The molecule has 1 aromatic carbocycles. The average molecular weight is 335 g/mol. The van der Waals surface area contributed by atoms with E-state index < -0.39 is 5.82 Å². The topological polar surface area (TPSA) is 20.3 Å². The van der Waals surface area contributed by atoms with Crippen molar-refractivity contribution in [2.45, 2.75) is 12.8 Å². The van der Waals surface area contributed by atoms with Crippen LogP contribution in [-0.2, 0) is 0 Å². The van der Waals surface area contributed by atoms with Crippen LogP contribution in [0.2, 0.25) is 0 Å². The highest BCUT2D eigenvalue weighted by atomic mass is 79.9. The van der Waals surface area contributed by atoms with Crippen LogP contribution in [0.15, 0.2) is 22.7 Å². The number of hydrogen-bond donors (Lipinski definition) is 0. The van der Waals surface area contributed by atoms with Crippen LogP contribution < -0.4 is 0 Å². The van der Waals surface area contributed by atoms with Crippen LogP contribution in [0.4, 0.5) is 4.39 Å². The lowest BCUT2D eigenvalue weighted by molar-refractivity contribution is 0.0782. The van der Waals surface area contributed by atoms with Gasteiger partial charge in [-0.3, -0.25) is 4.79 Å². The summed E-state index contributed by atoms with van der Waals surface area (Å²) in [5.41, 5.74) is 0.135. The van der Waals surface area contributed by atoms with Gasteiger partial charge in [0, 0.05) is 23.4 Å². The molecule has 0 aliphatic carbocycles. The third-order valence-corrected chi connectivity index (χ3v) is 3.96. The molecule has 1 aromatic rings. The zero-order valence-electron chi connectivity index (χ0n) is 9.83. The van der Waals surface area contributed by atoms with Gasteiger partial charge in [-0.05, 0) is 37.0 Å². The van der Waals surface area contributed by atoms with Gasteiger partial charge < -0.3 is 4.90 Å². The standard InChI is InChI=1S/C13H14BrClFNO/c14-10-1-2-12(16)11(7-10)13(18)17-6-4-9(8-17)3-5-15/h1-2,7,9H,3-6,8H2. The smallest absolute Gasteiger partial charge is 0.256 e. The summed E-state index contributed by atoms with van der Waals surface area (Å²) < 4.78 is 14.3. The largest absolute Gasteiger partial charge is 0.338 e. The quantitative estimate of drug-likeness (QED) is 0.772. The number of benzene rings is 1. The van der Waals surface area contributed by atoms with Crippen molar-refractivity contribution in [2.24, 2.45) is 5.92 Å². The highest BCUT2D eigenvalue weighted by Gasteiger charge is 2.27. The van der Waals surface area contributed by atoms with Crippen LogP contribution in [0.5, 0.6) is 0 Å². The maximum Gasteiger partial charge on any atom is 0.256 e. The Morgan fingerprint density at radius 2 is 2.33 bits per heavy atom. The van der Waals surface area contributed by atoms with E-state index in [0.29, 0.717) is 29.4 Å². The molecule has 5 heteroatoms. The SMILES string of the molecule is O=C(c1cc(Br)ccc1F)N1CCC(CCCl)C1. The summed E-state index contributed by atoms with van der Waals surface area (Å²) in [7, 11) is 0. The fourth-order valence-electron chi connectivity index (χ4n) is 2.24. The van der Waals surface area contributed by atoms with Crippen LogP contribution in [0.1, 0.15) is 23.2 Å². The van der Waals surface area contributed by atoms with Crippen LogP contribution in [0.3, 0.4) is 0 Å². The van der Waals surface area contributed by atoms with Gasteiger partial charge in [-0.25, -0.2) is 4.39 Å². The van der Waals surface area contributed by atoms with Gasteiger partial charge in [-0.1, -0.05) is 15.9 Å². The molecule has 1 aliphatic heterocycles. The van der Waals surface area contributed by atoms with Gasteiger partial charge in [0.2, 0.25) is 0 Å². The molecule has 1 amide bonds. The Bertz CT molecular complexity index is 455. The van der Waals surface area contributed by atoms with E-state index >= 15 is 0 Å². The minimum atomic E-state index is -0.469. The Kier molecular flexibility index (Phi) is 4.62. The monoisotopic (exact) mass is 333 g/mol. The van der Waals surface area contributed by atoms with Crippen molar-refractivity contribution in [3.63, 3.8) is 0 Å². The van der Waals surface area contributed by atoms with Crippen LogP contribution in [-0.4, -0.2) is 29.8 Å². The first-order valence-electron chi connectivity index (χ1n) is 5.92. The number of carbonyl (C=O) groups excluding carboxylic acids is 1. The van der Waals surface area contributed by atoms with Gasteiger partial charge >= 0.3 is 0 Å². The van der Waals surface area contributed by atoms with Crippen molar-refractivity contribution in [2.75, 3.05) is 19.0 Å². The molecule has 1 atom stereocenters. The first-order chi connectivity index (χ1) is 8.61. The molecule has 0 aromatic heterocycles. The number of likely N-dealkylation sites (tertiary alicyclic amines) is 1. The lowest BCUT2D eigenvalue weighted by Crippen LogP contribution is -2.29. The van der Waals surface area contributed by atoms with Crippen molar-refractivity contribution in [3.8, 4) is 0 Å². The minimum Gasteiger partial charge on any atom is -0.338 e. The summed E-state index contributed by atoms with van der Waals surface area (Å²) in [4.78, 5) is 13.9. The Labute approximate surface area is 119 Å². The molecule has 98 valence electrons. The highest BCUT2D eigenvalue weighted by molar-refractivity contribution is 9.10. The van der Waals surface area contributed by atoms with Gasteiger partial charge in [0.1, 0.15) is 5.82 Å². The summed E-state index contributed by atoms with van der Waals surface area (Å²) >= 11 is 8.96. The van der Waals surface area contributed by atoms with E-state index in [9.17, 15) is 9.18 Å². The second-order valence-electron chi connectivity index (χ2n) is 4.51. The van der Waals surface area contributed by atoms with Crippen LogP contribution in [0, 0.1) is 11.7 Å². The molecular formula is C13H14BrClFNO. The molecular weight excluding hydrogens is 321 g/mol. The lowest BCUT2D eigenvalue weighted by atomic mass is 10.1. The maximum atomic E-state index is 13.6. The van der Waals surface area contributed by atoms with Crippen LogP contribution >= 0.6 is 27.5 Å². The van der Waals surface area contributed by atoms with E-state index in [2.05, 4.69) is 15.9 Å². The predicted molar refractivity (Wildman–Crippen MR) is 73.4 cm³/mol. The third kappa shape index (κ3) is 3.04. The zero-order chi connectivity index (χ0) is 13.1. The maximum absolute atomic E-state index is 13.6. The summed E-state index contributed by atoms with van der Waals surface area (Å²) in [6, 6.07) is 4.43. The normalized spacial score (nSPS) is 19.3. The average Bonchev–Trinajstić information content (AvgIpc) is 2.80. The van der Waals surface area contributed by atoms with Gasteiger partial charge in [-0.2, -0.15) is 0 Å². The van der Waals surface area contributed by atoms with E-state index in [1.807, 2.05) is 0 Å². The fraction of sp³-hybridized carbons (Fsp3) is 0.462. The Morgan fingerprint density at radius 1 is 1.56 bits per heavy atom. The van der Waals surface area contributed by atoms with Crippen molar-refractivity contribution in [3.05, 3.63) is 34.1 Å². The predicted octanol–water partition coefficient (Wildman–Crippen LogP) is 3.68. The van der Waals surface area contributed by atoms with Gasteiger partial charge in [0.15, 0.2) is 0 Å². The molecule has 1 aliphatic rings. The summed E-state index contributed by atoms with van der Waals surface area (Å²) in [6.07, 6.45) is 1.86. The molecule has 2 nitrogen and oxygen atoms in total. The van der Waals surface area contributed by atoms with E-state index in [4.69, 9.17) is 11.6 Å². The molecule has 1 unspecified atom stereocenters. The first kappa shape index (κ1) is 13.8. The highest BCUT2D eigenvalue weighted by Crippen LogP contribution is 2.24. The molecule has 1 fully saturated rings. The molecule has 0 bridgehead atoms. The summed E-state index contributed by atoms with van der Waals surface area (Å²) in [5, 5.41) is 0. The van der Waals surface area contributed by atoms with Crippen molar-refractivity contribution in [1.82, 2.24) is 4.90 Å². The second kappa shape index (κ2) is 6.02. The number of carbonyl (C=O) groups is 1. The van der Waals surface area contributed by atoms with E-state index in [1.54, 1.807) is 11.0 Å². The molecule has 2 rings (SSSR count). The Morgan fingerprint density at radius 3 is 3.06 bits per heavy atom. The zero-order valence-corrected chi connectivity index (χ0v) is 12.2. The molecule has 18 heavy (non-hydrogen) atoms. The van der Waals surface area contributed by atoms with E-state index in [0.717, 1.165) is 12.8 Å². The number of amides is 1. The second-order valence-corrected chi connectivity index (χ2v) is 5.80. The number of nitrogens with zero attached hydrogens (tertiary/aromatic N) is 1. The Balaban J connectivity index is 2.10. The van der Waals surface area contributed by atoms with E-state index in [1.165, 1.54) is 12.1 Å². The summed E-state index contributed by atoms with van der Waals surface area (Å²) in [6.45, 7) is 1.36. The first-order valence-corrected chi connectivity index (χ1v) is 7.25.